The molecule has 0 amide bonds. The third-order valence-electron chi connectivity index (χ3n) is 2.20. The number of nitrogen functional groups attached to an aromatic ring is 1. The number of thioether (sulfide) groups is 1. The third kappa shape index (κ3) is 3.02. The van der Waals surface area contributed by atoms with E-state index in [9.17, 15) is 9.18 Å². The van der Waals surface area contributed by atoms with Crippen LogP contribution in [0.5, 0.6) is 0 Å². The number of carbonyl (C=O) groups is 1. The summed E-state index contributed by atoms with van der Waals surface area (Å²) in [6.07, 6.45) is 0. The number of carboxylic acid groups (broad SMARTS) is 1. The summed E-state index contributed by atoms with van der Waals surface area (Å²) in [4.78, 5) is 12.4. The summed E-state index contributed by atoms with van der Waals surface area (Å²) in [6.45, 7) is 0. The molecule has 18 heavy (non-hydrogen) atoms. The molecular weight excluding hydrogens is 273 g/mol. The standard InChI is InChI=1S/C12H10FNO2S2/c13-9-5-7(14)1-3-10(9)17-6-8-2-4-11(18-8)12(15)16/h1-5H,6,14H2,(H,15,16). The van der Waals surface area contributed by atoms with Crippen LogP contribution in [0.3, 0.4) is 0 Å². The minimum Gasteiger partial charge on any atom is -0.477 e. The molecule has 0 radical (unpaired) electrons. The van der Waals surface area contributed by atoms with Crippen molar-refractivity contribution in [3.8, 4) is 0 Å². The molecule has 0 saturated heterocycles. The molecule has 0 bridgehead atoms. The van der Waals surface area contributed by atoms with Crippen molar-refractivity contribution in [3.05, 3.63) is 45.9 Å². The number of nitrogens with two attached hydrogens (primary N) is 1. The molecule has 3 N–H and O–H groups in total. The molecule has 0 aliphatic heterocycles. The van der Waals surface area contributed by atoms with Gasteiger partial charge >= 0.3 is 5.97 Å². The second kappa shape index (κ2) is 5.41. The van der Waals surface area contributed by atoms with Gasteiger partial charge in [0.2, 0.25) is 0 Å². The largest absolute Gasteiger partial charge is 0.477 e. The molecule has 3 nitrogen and oxygen atoms in total. The second-order valence-electron chi connectivity index (χ2n) is 3.55. The van der Waals surface area contributed by atoms with Gasteiger partial charge in [-0.2, -0.15) is 0 Å². The van der Waals surface area contributed by atoms with Gasteiger partial charge in [-0.15, -0.1) is 23.1 Å². The van der Waals surface area contributed by atoms with Crippen molar-refractivity contribution in [1.82, 2.24) is 0 Å². The Morgan fingerprint density at radius 1 is 1.39 bits per heavy atom. The zero-order valence-electron chi connectivity index (χ0n) is 9.22. The second-order valence-corrected chi connectivity index (χ2v) is 5.74. The van der Waals surface area contributed by atoms with Gasteiger partial charge in [-0.3, -0.25) is 0 Å². The fourth-order valence-corrected chi connectivity index (χ4v) is 3.16. The van der Waals surface area contributed by atoms with Gasteiger partial charge in [0.25, 0.3) is 0 Å². The summed E-state index contributed by atoms with van der Waals surface area (Å²) >= 11 is 2.52. The first kappa shape index (κ1) is 12.9. The van der Waals surface area contributed by atoms with Gasteiger partial charge in [0.15, 0.2) is 0 Å². The Hall–Kier alpha value is -1.53. The molecule has 0 atom stereocenters. The summed E-state index contributed by atoms with van der Waals surface area (Å²) in [7, 11) is 0. The molecule has 2 rings (SSSR count). The summed E-state index contributed by atoms with van der Waals surface area (Å²) in [6, 6.07) is 7.85. The van der Waals surface area contributed by atoms with Crippen LogP contribution in [-0.2, 0) is 5.75 Å². The smallest absolute Gasteiger partial charge is 0.345 e. The van der Waals surface area contributed by atoms with Crippen LogP contribution in [-0.4, -0.2) is 11.1 Å². The topological polar surface area (TPSA) is 63.3 Å². The Kier molecular flexibility index (Phi) is 3.88. The number of rotatable bonds is 4. The van der Waals surface area contributed by atoms with Crippen molar-refractivity contribution in [3.63, 3.8) is 0 Å². The lowest BCUT2D eigenvalue weighted by molar-refractivity contribution is 0.0702. The maximum atomic E-state index is 13.5. The van der Waals surface area contributed by atoms with E-state index in [-0.39, 0.29) is 5.82 Å². The number of carboxylic acids is 1. The lowest BCUT2D eigenvalue weighted by atomic mass is 10.3. The molecule has 0 aliphatic rings. The van der Waals surface area contributed by atoms with Crippen molar-refractivity contribution in [1.29, 1.82) is 0 Å². The van der Waals surface area contributed by atoms with Gasteiger partial charge in [0.1, 0.15) is 10.7 Å². The highest BCUT2D eigenvalue weighted by molar-refractivity contribution is 7.98. The number of hydrogen-bond donors (Lipinski definition) is 2. The van der Waals surface area contributed by atoms with Crippen molar-refractivity contribution in [2.45, 2.75) is 10.6 Å². The molecule has 0 aliphatic carbocycles. The first-order valence-electron chi connectivity index (χ1n) is 5.06. The first-order chi connectivity index (χ1) is 8.56. The average Bonchev–Trinajstić information content (AvgIpc) is 2.76. The molecule has 0 spiro atoms. The molecule has 6 heteroatoms. The van der Waals surface area contributed by atoms with Crippen molar-refractivity contribution in [2.24, 2.45) is 0 Å². The summed E-state index contributed by atoms with van der Waals surface area (Å²) < 4.78 is 13.5. The van der Waals surface area contributed by atoms with Gasteiger partial charge in [0.05, 0.1) is 0 Å². The number of aromatic carboxylic acids is 1. The van der Waals surface area contributed by atoms with Crippen LogP contribution in [0, 0.1) is 5.82 Å². The Balaban J connectivity index is 2.04. The SMILES string of the molecule is Nc1ccc(SCc2ccc(C(=O)O)s2)c(F)c1. The molecule has 2 aromatic rings. The van der Waals surface area contributed by atoms with E-state index in [1.807, 2.05) is 0 Å². The quantitative estimate of drug-likeness (QED) is 0.666. The van der Waals surface area contributed by atoms with Crippen molar-refractivity contribution in [2.75, 3.05) is 5.73 Å². The highest BCUT2D eigenvalue weighted by Crippen LogP contribution is 2.29. The minimum absolute atomic E-state index is 0.295. The Morgan fingerprint density at radius 2 is 2.17 bits per heavy atom. The predicted molar refractivity (Wildman–Crippen MR) is 71.7 cm³/mol. The lowest BCUT2D eigenvalue weighted by Gasteiger charge is -2.02. The highest BCUT2D eigenvalue weighted by Gasteiger charge is 2.08. The molecule has 1 aromatic heterocycles. The van der Waals surface area contributed by atoms with E-state index in [0.29, 0.717) is 21.2 Å². The van der Waals surface area contributed by atoms with E-state index in [4.69, 9.17) is 10.8 Å². The normalized spacial score (nSPS) is 10.5. The van der Waals surface area contributed by atoms with Gasteiger partial charge in [-0.1, -0.05) is 0 Å². The molecule has 94 valence electrons. The third-order valence-corrected chi connectivity index (χ3v) is 4.55. The fraction of sp³-hybridized carbons (Fsp3) is 0.0833. The van der Waals surface area contributed by atoms with E-state index >= 15 is 0 Å². The summed E-state index contributed by atoms with van der Waals surface area (Å²) in [5, 5.41) is 8.79. The van der Waals surface area contributed by atoms with Crippen molar-refractivity contribution < 1.29 is 14.3 Å². The zero-order chi connectivity index (χ0) is 13.1. The number of anilines is 1. The molecule has 0 saturated carbocycles. The van der Waals surface area contributed by atoms with Crippen molar-refractivity contribution >= 4 is 34.8 Å². The molecule has 0 fully saturated rings. The number of thiophene rings is 1. The van der Waals surface area contributed by atoms with E-state index in [0.717, 1.165) is 4.88 Å². The van der Waals surface area contributed by atoms with Crippen LogP contribution in [0.2, 0.25) is 0 Å². The molecular formula is C12H10FNO2S2. The van der Waals surface area contributed by atoms with E-state index in [1.54, 1.807) is 24.3 Å². The maximum absolute atomic E-state index is 13.5. The molecule has 0 unspecified atom stereocenters. The zero-order valence-corrected chi connectivity index (χ0v) is 10.9. The highest BCUT2D eigenvalue weighted by atomic mass is 32.2. The van der Waals surface area contributed by atoms with Gasteiger partial charge in [-0.25, -0.2) is 9.18 Å². The van der Waals surface area contributed by atoms with E-state index < -0.39 is 5.97 Å². The van der Waals surface area contributed by atoms with Crippen LogP contribution in [0.15, 0.2) is 35.2 Å². The van der Waals surface area contributed by atoms with Crippen LogP contribution < -0.4 is 5.73 Å². The van der Waals surface area contributed by atoms with Crippen LogP contribution in [0.25, 0.3) is 0 Å². The van der Waals surface area contributed by atoms with Crippen LogP contribution in [0.1, 0.15) is 14.5 Å². The predicted octanol–water partition coefficient (Wildman–Crippen LogP) is 3.46. The number of halogens is 1. The molecule has 1 heterocycles. The Labute approximate surface area is 111 Å². The van der Waals surface area contributed by atoms with Crippen LogP contribution in [0.4, 0.5) is 10.1 Å². The number of hydrogen-bond acceptors (Lipinski definition) is 4. The van der Waals surface area contributed by atoms with E-state index in [2.05, 4.69) is 0 Å². The van der Waals surface area contributed by atoms with E-state index in [1.165, 1.54) is 29.2 Å². The fourth-order valence-electron chi connectivity index (χ4n) is 1.35. The van der Waals surface area contributed by atoms with Gasteiger partial charge < -0.3 is 10.8 Å². The monoisotopic (exact) mass is 283 g/mol. The van der Waals surface area contributed by atoms with Gasteiger partial charge in [0, 0.05) is 21.2 Å². The summed E-state index contributed by atoms with van der Waals surface area (Å²) in [5.41, 5.74) is 5.85. The Bertz CT molecular complexity index is 583. The lowest BCUT2D eigenvalue weighted by Crippen LogP contribution is -1.89. The Morgan fingerprint density at radius 3 is 2.78 bits per heavy atom. The molecule has 1 aromatic carbocycles. The first-order valence-corrected chi connectivity index (χ1v) is 6.86. The average molecular weight is 283 g/mol. The number of benzene rings is 1. The maximum Gasteiger partial charge on any atom is 0.345 e. The summed E-state index contributed by atoms with van der Waals surface area (Å²) in [5.74, 6) is -0.747. The van der Waals surface area contributed by atoms with Crippen LogP contribution >= 0.6 is 23.1 Å². The van der Waals surface area contributed by atoms with Gasteiger partial charge in [-0.05, 0) is 30.3 Å². The minimum atomic E-state index is -0.935.